The van der Waals surface area contributed by atoms with Crippen molar-refractivity contribution in [2.75, 3.05) is 0 Å². The molecule has 3 heteroatoms. The Balaban J connectivity index is 2.16. The highest BCUT2D eigenvalue weighted by molar-refractivity contribution is 6.30. The third kappa shape index (κ3) is 3.35. The van der Waals surface area contributed by atoms with Crippen LogP contribution in [0.5, 0.6) is 0 Å². The molecule has 0 spiro atoms. The van der Waals surface area contributed by atoms with Crippen molar-refractivity contribution in [3.05, 3.63) is 34.6 Å². The Kier molecular flexibility index (Phi) is 4.76. The summed E-state index contributed by atoms with van der Waals surface area (Å²) in [7, 11) is 0. The molecule has 3 atom stereocenters. The molecule has 3 unspecified atom stereocenters. The lowest BCUT2D eigenvalue weighted by Gasteiger charge is -2.42. The van der Waals surface area contributed by atoms with Gasteiger partial charge in [0.25, 0.3) is 0 Å². The molecule has 0 aromatic heterocycles. The molecule has 1 aromatic rings. The van der Waals surface area contributed by atoms with Crippen molar-refractivity contribution in [2.24, 2.45) is 17.3 Å². The molecule has 0 aliphatic heterocycles. The van der Waals surface area contributed by atoms with Gasteiger partial charge in [-0.2, -0.15) is 0 Å². The van der Waals surface area contributed by atoms with Gasteiger partial charge in [0.15, 0.2) is 0 Å². The van der Waals surface area contributed by atoms with Gasteiger partial charge in [0, 0.05) is 0 Å². The Labute approximate surface area is 126 Å². The third-order valence-corrected chi connectivity index (χ3v) is 5.05. The molecule has 1 N–H and O–H groups in total. The zero-order valence-corrected chi connectivity index (χ0v) is 13.3. The Bertz CT molecular complexity index is 472. The van der Waals surface area contributed by atoms with Crippen LogP contribution in [-0.2, 0) is 6.42 Å². The van der Waals surface area contributed by atoms with Gasteiger partial charge < -0.3 is 5.11 Å². The number of aliphatic hydroxyl groups excluding tert-OH is 1. The van der Waals surface area contributed by atoms with E-state index in [0.717, 1.165) is 19.3 Å². The van der Waals surface area contributed by atoms with Crippen LogP contribution in [0.2, 0.25) is 5.02 Å². The van der Waals surface area contributed by atoms with Gasteiger partial charge in [0.05, 0.1) is 11.1 Å². The number of aliphatic hydroxyl groups is 1. The van der Waals surface area contributed by atoms with E-state index in [9.17, 15) is 9.50 Å². The van der Waals surface area contributed by atoms with Crippen LogP contribution in [0.1, 0.15) is 45.6 Å². The molecule has 0 bridgehead atoms. The van der Waals surface area contributed by atoms with E-state index in [0.29, 0.717) is 17.9 Å². The highest BCUT2D eigenvalue weighted by atomic mass is 35.5. The van der Waals surface area contributed by atoms with Crippen LogP contribution in [0.25, 0.3) is 0 Å². The maximum Gasteiger partial charge on any atom is 0.144 e. The Morgan fingerprint density at radius 3 is 2.70 bits per heavy atom. The largest absolute Gasteiger partial charge is 0.393 e. The van der Waals surface area contributed by atoms with Gasteiger partial charge in [0.1, 0.15) is 5.82 Å². The fourth-order valence-electron chi connectivity index (χ4n) is 3.57. The van der Waals surface area contributed by atoms with Crippen molar-refractivity contribution < 1.29 is 9.50 Å². The average Bonchev–Trinajstić information content (AvgIpc) is 2.34. The van der Waals surface area contributed by atoms with Crippen molar-refractivity contribution in [1.82, 2.24) is 0 Å². The predicted octanol–water partition coefficient (Wildman–Crippen LogP) is 4.84. The Morgan fingerprint density at radius 2 is 2.05 bits per heavy atom. The van der Waals surface area contributed by atoms with Gasteiger partial charge in [-0.15, -0.1) is 0 Å². The van der Waals surface area contributed by atoms with E-state index in [4.69, 9.17) is 11.6 Å². The first-order valence-electron chi connectivity index (χ1n) is 7.42. The molecule has 1 aliphatic carbocycles. The first kappa shape index (κ1) is 15.8. The molecule has 0 heterocycles. The molecule has 0 radical (unpaired) electrons. The molecule has 0 saturated heterocycles. The van der Waals surface area contributed by atoms with Crippen LogP contribution in [-0.4, -0.2) is 11.2 Å². The second-order valence-electron chi connectivity index (χ2n) is 6.97. The molecule has 1 nitrogen and oxygen atoms in total. The van der Waals surface area contributed by atoms with Crippen LogP contribution in [0.3, 0.4) is 0 Å². The lowest BCUT2D eigenvalue weighted by atomic mass is 9.65. The van der Waals surface area contributed by atoms with E-state index in [1.54, 1.807) is 18.2 Å². The second-order valence-corrected chi connectivity index (χ2v) is 7.38. The first-order chi connectivity index (χ1) is 9.31. The van der Waals surface area contributed by atoms with E-state index in [1.807, 2.05) is 0 Å². The standard InChI is InChI=1S/C17H24ClFO/c1-11-7-8-13(15(20)9-11)17(2,3)10-12-5-4-6-14(18)16(12)19/h4-6,11,13,15,20H,7-10H2,1-3H3. The van der Waals surface area contributed by atoms with Crippen molar-refractivity contribution >= 4 is 11.6 Å². The zero-order valence-electron chi connectivity index (χ0n) is 12.5. The van der Waals surface area contributed by atoms with Gasteiger partial charge in [-0.25, -0.2) is 4.39 Å². The van der Waals surface area contributed by atoms with E-state index in [1.165, 1.54) is 0 Å². The van der Waals surface area contributed by atoms with Gasteiger partial charge in [-0.1, -0.05) is 50.9 Å². The van der Waals surface area contributed by atoms with Gasteiger partial charge >= 0.3 is 0 Å². The van der Waals surface area contributed by atoms with E-state index in [-0.39, 0.29) is 28.3 Å². The van der Waals surface area contributed by atoms with Crippen LogP contribution >= 0.6 is 11.6 Å². The van der Waals surface area contributed by atoms with E-state index < -0.39 is 0 Å². The number of halogens is 2. The van der Waals surface area contributed by atoms with Crippen LogP contribution in [0, 0.1) is 23.1 Å². The molecule has 1 aliphatic rings. The molecule has 112 valence electrons. The summed E-state index contributed by atoms with van der Waals surface area (Å²) in [6.07, 6.45) is 3.33. The van der Waals surface area contributed by atoms with Crippen LogP contribution in [0.15, 0.2) is 18.2 Å². The van der Waals surface area contributed by atoms with Crippen molar-refractivity contribution in [2.45, 2.75) is 52.6 Å². The fraction of sp³-hybridized carbons (Fsp3) is 0.647. The van der Waals surface area contributed by atoms with Gasteiger partial charge in [-0.3, -0.25) is 0 Å². The monoisotopic (exact) mass is 298 g/mol. The number of benzene rings is 1. The van der Waals surface area contributed by atoms with Gasteiger partial charge in [0.2, 0.25) is 0 Å². The van der Waals surface area contributed by atoms with Crippen molar-refractivity contribution in [3.8, 4) is 0 Å². The quantitative estimate of drug-likeness (QED) is 0.846. The van der Waals surface area contributed by atoms with Crippen LogP contribution in [0.4, 0.5) is 4.39 Å². The highest BCUT2D eigenvalue weighted by Gasteiger charge is 2.38. The molecule has 1 fully saturated rings. The molecular weight excluding hydrogens is 275 g/mol. The van der Waals surface area contributed by atoms with Crippen molar-refractivity contribution in [1.29, 1.82) is 0 Å². The summed E-state index contributed by atoms with van der Waals surface area (Å²) in [4.78, 5) is 0. The number of hydrogen-bond donors (Lipinski definition) is 1. The fourth-order valence-corrected chi connectivity index (χ4v) is 3.76. The van der Waals surface area contributed by atoms with E-state index >= 15 is 0 Å². The Hall–Kier alpha value is -0.600. The van der Waals surface area contributed by atoms with E-state index in [2.05, 4.69) is 20.8 Å². The molecular formula is C17H24ClFO. The summed E-state index contributed by atoms with van der Waals surface area (Å²) in [5, 5.41) is 10.5. The second kappa shape index (κ2) is 6.03. The molecule has 0 amide bonds. The summed E-state index contributed by atoms with van der Waals surface area (Å²) in [6.45, 7) is 6.43. The molecule has 20 heavy (non-hydrogen) atoms. The van der Waals surface area contributed by atoms with Crippen LogP contribution < -0.4 is 0 Å². The summed E-state index contributed by atoms with van der Waals surface area (Å²) in [5.41, 5.74) is 0.513. The lowest BCUT2D eigenvalue weighted by molar-refractivity contribution is -0.0128. The number of rotatable bonds is 3. The maximum absolute atomic E-state index is 14.1. The summed E-state index contributed by atoms with van der Waals surface area (Å²) in [5.74, 6) is 0.484. The van der Waals surface area contributed by atoms with Gasteiger partial charge in [-0.05, 0) is 48.1 Å². The zero-order chi connectivity index (χ0) is 14.9. The predicted molar refractivity (Wildman–Crippen MR) is 81.4 cm³/mol. The smallest absolute Gasteiger partial charge is 0.144 e. The molecule has 1 aromatic carbocycles. The van der Waals surface area contributed by atoms with Crippen molar-refractivity contribution in [3.63, 3.8) is 0 Å². The maximum atomic E-state index is 14.1. The minimum atomic E-state index is -0.319. The highest BCUT2D eigenvalue weighted by Crippen LogP contribution is 2.42. The average molecular weight is 299 g/mol. The summed E-state index contributed by atoms with van der Waals surface area (Å²) < 4.78 is 14.1. The normalized spacial score (nSPS) is 27.6. The topological polar surface area (TPSA) is 20.2 Å². The third-order valence-electron chi connectivity index (χ3n) is 4.76. The summed E-state index contributed by atoms with van der Waals surface area (Å²) in [6, 6.07) is 5.15. The minimum Gasteiger partial charge on any atom is -0.393 e. The lowest BCUT2D eigenvalue weighted by Crippen LogP contribution is -2.39. The first-order valence-corrected chi connectivity index (χ1v) is 7.80. The molecule has 1 saturated carbocycles. The molecule has 2 rings (SSSR count). The SMILES string of the molecule is CC1CCC(C(C)(C)Cc2cccc(Cl)c2F)C(O)C1. The Morgan fingerprint density at radius 1 is 1.35 bits per heavy atom. The number of hydrogen-bond acceptors (Lipinski definition) is 1. The summed E-state index contributed by atoms with van der Waals surface area (Å²) >= 11 is 5.85. The minimum absolute atomic E-state index is 0.134.